The number of rotatable bonds is 4. The van der Waals surface area contributed by atoms with Crippen LogP contribution in [0.15, 0.2) is 12.3 Å². The van der Waals surface area contributed by atoms with Gasteiger partial charge in [-0.1, -0.05) is 0 Å². The molecule has 0 bridgehead atoms. The van der Waals surface area contributed by atoms with Gasteiger partial charge in [0.25, 0.3) is 0 Å². The molecule has 0 saturated carbocycles. The van der Waals surface area contributed by atoms with Crippen LogP contribution in [0.1, 0.15) is 12.8 Å². The predicted octanol–water partition coefficient (Wildman–Crippen LogP) is 0.131. The molecule has 0 amide bonds. The molecule has 0 aromatic carbocycles. The average molecular weight is 334 g/mol. The Morgan fingerprint density at radius 2 is 2.04 bits per heavy atom. The van der Waals surface area contributed by atoms with E-state index in [1.54, 1.807) is 12.3 Å². The highest BCUT2D eigenvalue weighted by Crippen LogP contribution is 2.25. The second-order valence-electron chi connectivity index (χ2n) is 7.29. The van der Waals surface area contributed by atoms with Gasteiger partial charge in [-0.25, -0.2) is 4.98 Å². The topological polar surface area (TPSA) is 81.8 Å². The zero-order valence-electron chi connectivity index (χ0n) is 14.6. The number of piperidine rings is 1. The normalized spacial score (nSPS) is 27.2. The number of hydrogen-bond donors (Lipinski definition) is 2. The number of nitrogens with zero attached hydrogens (tertiary/aromatic N) is 5. The molecule has 0 aliphatic carbocycles. The highest BCUT2D eigenvalue weighted by atomic mass is 16.3. The smallest absolute Gasteiger partial charge is 0.227 e. The van der Waals surface area contributed by atoms with Gasteiger partial charge in [0.1, 0.15) is 5.82 Å². The van der Waals surface area contributed by atoms with Gasteiger partial charge in [0, 0.05) is 45.5 Å². The lowest BCUT2D eigenvalue weighted by Crippen LogP contribution is -2.46. The first-order valence-corrected chi connectivity index (χ1v) is 8.99. The summed E-state index contributed by atoms with van der Waals surface area (Å²) in [5.74, 6) is 2.00. The fraction of sp³-hybridized carbons (Fsp3) is 0.765. The van der Waals surface area contributed by atoms with Crippen molar-refractivity contribution >= 4 is 11.8 Å². The maximum absolute atomic E-state index is 9.70. The summed E-state index contributed by atoms with van der Waals surface area (Å²) in [7, 11) is 2.20. The fourth-order valence-corrected chi connectivity index (χ4v) is 3.91. The first-order chi connectivity index (χ1) is 11.6. The molecular formula is C17H30N6O. The number of nitrogen functional groups attached to an aromatic ring is 1. The monoisotopic (exact) mass is 334 g/mol. The van der Waals surface area contributed by atoms with E-state index >= 15 is 0 Å². The van der Waals surface area contributed by atoms with E-state index in [9.17, 15) is 5.11 Å². The minimum absolute atomic E-state index is 0.220. The summed E-state index contributed by atoms with van der Waals surface area (Å²) >= 11 is 0. The van der Waals surface area contributed by atoms with E-state index in [0.717, 1.165) is 39.1 Å². The molecule has 1 aromatic rings. The molecule has 1 aromatic heterocycles. The quantitative estimate of drug-likeness (QED) is 0.810. The highest BCUT2D eigenvalue weighted by molar-refractivity contribution is 5.38. The zero-order chi connectivity index (χ0) is 16.9. The Balaban J connectivity index is 1.64. The molecule has 3 heterocycles. The van der Waals surface area contributed by atoms with E-state index in [-0.39, 0.29) is 12.5 Å². The lowest BCUT2D eigenvalue weighted by atomic mass is 9.89. The Kier molecular flexibility index (Phi) is 5.86. The van der Waals surface area contributed by atoms with E-state index < -0.39 is 0 Å². The van der Waals surface area contributed by atoms with Crippen LogP contribution in [0.5, 0.6) is 0 Å². The molecule has 2 atom stereocenters. The third-order valence-corrected chi connectivity index (χ3v) is 5.16. The van der Waals surface area contributed by atoms with Gasteiger partial charge in [-0.05, 0) is 50.9 Å². The fourth-order valence-electron chi connectivity index (χ4n) is 3.91. The lowest BCUT2D eigenvalue weighted by molar-refractivity contribution is 0.155. The molecule has 0 radical (unpaired) electrons. The second kappa shape index (κ2) is 8.09. The van der Waals surface area contributed by atoms with E-state index in [0.29, 0.717) is 17.7 Å². The van der Waals surface area contributed by atoms with Crippen molar-refractivity contribution in [2.45, 2.75) is 12.8 Å². The highest BCUT2D eigenvalue weighted by Gasteiger charge is 2.30. The molecule has 24 heavy (non-hydrogen) atoms. The summed E-state index contributed by atoms with van der Waals surface area (Å²) in [6, 6.07) is 1.71. The Hall–Kier alpha value is -1.44. The van der Waals surface area contributed by atoms with E-state index in [4.69, 9.17) is 5.73 Å². The number of anilines is 2. The summed E-state index contributed by atoms with van der Waals surface area (Å²) < 4.78 is 0. The number of aliphatic hydroxyl groups excluding tert-OH is 1. The van der Waals surface area contributed by atoms with Gasteiger partial charge in [-0.3, -0.25) is 0 Å². The molecule has 7 nitrogen and oxygen atoms in total. The maximum Gasteiger partial charge on any atom is 0.227 e. The molecule has 0 unspecified atom stereocenters. The Morgan fingerprint density at radius 1 is 1.21 bits per heavy atom. The maximum atomic E-state index is 9.70. The van der Waals surface area contributed by atoms with Crippen LogP contribution in [0.3, 0.4) is 0 Å². The molecule has 2 aliphatic rings. The van der Waals surface area contributed by atoms with Gasteiger partial charge in [0.05, 0.1) is 0 Å². The number of hydrogen-bond acceptors (Lipinski definition) is 7. The molecule has 3 N–H and O–H groups in total. The van der Waals surface area contributed by atoms with E-state index in [1.165, 1.54) is 19.5 Å². The first kappa shape index (κ1) is 17.4. The molecule has 3 rings (SSSR count). The van der Waals surface area contributed by atoms with Crippen LogP contribution < -0.4 is 10.6 Å². The number of likely N-dealkylation sites (N-methyl/N-ethyl adjacent to an activating group) is 1. The van der Waals surface area contributed by atoms with Crippen molar-refractivity contribution in [1.29, 1.82) is 0 Å². The molecule has 7 heteroatoms. The molecule has 134 valence electrons. The summed E-state index contributed by atoms with van der Waals surface area (Å²) in [5, 5.41) is 9.70. The lowest BCUT2D eigenvalue weighted by Gasteiger charge is -2.39. The average Bonchev–Trinajstić information content (AvgIpc) is 2.79. The van der Waals surface area contributed by atoms with Gasteiger partial charge >= 0.3 is 0 Å². The number of aromatic nitrogens is 2. The minimum Gasteiger partial charge on any atom is -0.396 e. The van der Waals surface area contributed by atoms with Crippen LogP contribution in [0.2, 0.25) is 0 Å². The molecule has 0 spiro atoms. The third-order valence-electron chi connectivity index (χ3n) is 5.16. The number of nitrogens with two attached hydrogens (primary N) is 1. The van der Waals surface area contributed by atoms with Crippen molar-refractivity contribution in [3.8, 4) is 0 Å². The zero-order valence-corrected chi connectivity index (χ0v) is 14.6. The van der Waals surface area contributed by atoms with Crippen LogP contribution in [0.25, 0.3) is 0 Å². The standard InChI is InChI=1S/C17H30N6O/c1-21-5-2-6-22(8-7-21)10-14-9-15(13-24)12-23(11-14)17-19-4-3-16(18)20-17/h3-4,14-15,24H,2,5-13H2,1H3,(H2,18,19,20)/t14-,15-/m1/s1. The van der Waals surface area contributed by atoms with Crippen LogP contribution in [0.4, 0.5) is 11.8 Å². The Morgan fingerprint density at radius 3 is 2.83 bits per heavy atom. The van der Waals surface area contributed by atoms with Gasteiger partial charge in [0.15, 0.2) is 0 Å². The number of aliphatic hydroxyl groups is 1. The predicted molar refractivity (Wildman–Crippen MR) is 95.9 cm³/mol. The summed E-state index contributed by atoms with van der Waals surface area (Å²) in [5.41, 5.74) is 5.81. The molecule has 2 aliphatic heterocycles. The van der Waals surface area contributed by atoms with Crippen molar-refractivity contribution in [3.63, 3.8) is 0 Å². The van der Waals surface area contributed by atoms with Crippen molar-refractivity contribution in [1.82, 2.24) is 19.8 Å². The van der Waals surface area contributed by atoms with Crippen LogP contribution >= 0.6 is 0 Å². The second-order valence-corrected chi connectivity index (χ2v) is 7.29. The van der Waals surface area contributed by atoms with Gasteiger partial charge in [-0.2, -0.15) is 4.98 Å². The molecule has 2 saturated heterocycles. The van der Waals surface area contributed by atoms with Gasteiger partial charge < -0.3 is 25.5 Å². The minimum atomic E-state index is 0.220. The molecule has 2 fully saturated rings. The van der Waals surface area contributed by atoms with Crippen molar-refractivity contribution in [2.75, 3.05) is 70.1 Å². The first-order valence-electron chi connectivity index (χ1n) is 8.99. The van der Waals surface area contributed by atoms with Crippen LogP contribution in [-0.2, 0) is 0 Å². The molecular weight excluding hydrogens is 304 g/mol. The summed E-state index contributed by atoms with van der Waals surface area (Å²) in [6.07, 6.45) is 4.01. The Labute approximate surface area is 144 Å². The van der Waals surface area contributed by atoms with Gasteiger partial charge in [-0.15, -0.1) is 0 Å². The van der Waals surface area contributed by atoms with Crippen molar-refractivity contribution in [3.05, 3.63) is 12.3 Å². The SMILES string of the molecule is CN1CCCN(C[C@H]2C[C@@H](CO)CN(c3nccc(N)n3)C2)CC1. The van der Waals surface area contributed by atoms with Crippen LogP contribution in [-0.4, -0.2) is 84.3 Å². The largest absolute Gasteiger partial charge is 0.396 e. The van der Waals surface area contributed by atoms with Crippen molar-refractivity contribution < 1.29 is 5.11 Å². The summed E-state index contributed by atoms with van der Waals surface area (Å²) in [6.45, 7) is 7.67. The van der Waals surface area contributed by atoms with E-state index in [1.807, 2.05) is 0 Å². The summed E-state index contributed by atoms with van der Waals surface area (Å²) in [4.78, 5) is 15.9. The van der Waals surface area contributed by atoms with Crippen LogP contribution in [0, 0.1) is 11.8 Å². The van der Waals surface area contributed by atoms with Crippen molar-refractivity contribution in [2.24, 2.45) is 11.8 Å². The Bertz CT molecular complexity index is 528. The third kappa shape index (κ3) is 4.55. The van der Waals surface area contributed by atoms with Gasteiger partial charge in [0.2, 0.25) is 5.95 Å². The van der Waals surface area contributed by atoms with E-state index in [2.05, 4.69) is 31.7 Å².